The Bertz CT molecular complexity index is 1800. The molecular formula is C38H36N2OSi. The van der Waals surface area contributed by atoms with E-state index < -0.39 is 8.07 Å². The molecule has 208 valence electrons. The third-order valence-electron chi connectivity index (χ3n) is 9.18. The second-order valence-corrected chi connectivity index (χ2v) is 17.1. The maximum absolute atomic E-state index is 14.3. The molecule has 2 aliphatic heterocycles. The van der Waals surface area contributed by atoms with E-state index in [1.807, 2.05) is 4.90 Å². The molecule has 1 amide bonds. The highest BCUT2D eigenvalue weighted by atomic mass is 28.3. The summed E-state index contributed by atoms with van der Waals surface area (Å²) in [5.41, 5.74) is 9.28. The Balaban J connectivity index is 1.46. The quantitative estimate of drug-likeness (QED) is 0.167. The number of hydrogen-bond donors (Lipinski definition) is 0. The molecule has 0 N–H and O–H groups in total. The van der Waals surface area contributed by atoms with Crippen molar-refractivity contribution in [1.82, 2.24) is 9.47 Å². The number of benzene rings is 4. The van der Waals surface area contributed by atoms with E-state index in [1.54, 1.807) is 0 Å². The number of amides is 1. The maximum Gasteiger partial charge on any atom is 0.257 e. The highest BCUT2D eigenvalue weighted by Crippen LogP contribution is 2.43. The van der Waals surface area contributed by atoms with Crippen molar-refractivity contribution in [1.29, 1.82) is 0 Å². The van der Waals surface area contributed by atoms with Crippen molar-refractivity contribution in [2.24, 2.45) is 0 Å². The monoisotopic (exact) mass is 564 g/mol. The molecule has 0 aliphatic carbocycles. The van der Waals surface area contributed by atoms with E-state index in [0.29, 0.717) is 6.54 Å². The number of aromatic nitrogens is 1. The molecule has 0 fully saturated rings. The molecule has 0 spiro atoms. The molecule has 3 nitrogen and oxygen atoms in total. The zero-order valence-electron chi connectivity index (χ0n) is 24.5. The van der Waals surface area contributed by atoms with Crippen LogP contribution in [0.15, 0.2) is 133 Å². The van der Waals surface area contributed by atoms with Gasteiger partial charge in [-0.3, -0.25) is 4.79 Å². The first kappa shape index (κ1) is 26.5. The molecule has 7 rings (SSSR count). The summed E-state index contributed by atoms with van der Waals surface area (Å²) in [6.45, 7) is 8.49. The Hall–Kier alpha value is -4.41. The van der Waals surface area contributed by atoms with Crippen molar-refractivity contribution in [3.05, 3.63) is 149 Å². The maximum atomic E-state index is 14.3. The lowest BCUT2D eigenvalue weighted by molar-refractivity contribution is -0.123. The Morgan fingerprint density at radius 1 is 0.762 bits per heavy atom. The molecule has 0 bridgehead atoms. The number of carbonyl (C=O) groups is 1. The third-order valence-corrected chi connectivity index (χ3v) is 14.8. The minimum Gasteiger partial charge on any atom is -0.335 e. The molecule has 42 heavy (non-hydrogen) atoms. The summed E-state index contributed by atoms with van der Waals surface area (Å²) < 4.78 is 2.43. The van der Waals surface area contributed by atoms with Crippen LogP contribution in [-0.4, -0.2) is 30.0 Å². The largest absolute Gasteiger partial charge is 0.335 e. The SMILES string of the molecule is CC(C)(C)[Si](/C=C1\C=C2c3c(c4ccccc4n3Cc3ccccc3)CCN2C1=O)(c1ccccc1)c1ccccc1. The molecule has 4 aromatic carbocycles. The fourth-order valence-electron chi connectivity index (χ4n) is 7.20. The highest BCUT2D eigenvalue weighted by molar-refractivity contribution is 7.08. The van der Waals surface area contributed by atoms with Crippen LogP contribution in [0.25, 0.3) is 16.6 Å². The van der Waals surface area contributed by atoms with Gasteiger partial charge in [0.25, 0.3) is 5.91 Å². The van der Waals surface area contributed by atoms with Gasteiger partial charge in [0.2, 0.25) is 0 Å². The molecular weight excluding hydrogens is 529 g/mol. The van der Waals surface area contributed by atoms with E-state index >= 15 is 0 Å². The van der Waals surface area contributed by atoms with Gasteiger partial charge in [-0.1, -0.05) is 136 Å². The zero-order chi connectivity index (χ0) is 28.9. The molecule has 1 aromatic heterocycles. The third kappa shape index (κ3) is 4.13. The summed E-state index contributed by atoms with van der Waals surface area (Å²) in [7, 11) is -2.58. The smallest absolute Gasteiger partial charge is 0.257 e. The Kier molecular flexibility index (Phi) is 6.40. The first-order valence-corrected chi connectivity index (χ1v) is 17.0. The zero-order valence-corrected chi connectivity index (χ0v) is 25.5. The van der Waals surface area contributed by atoms with Crippen molar-refractivity contribution in [3.8, 4) is 0 Å². The minimum atomic E-state index is -2.58. The predicted molar refractivity (Wildman–Crippen MR) is 177 cm³/mol. The van der Waals surface area contributed by atoms with Crippen LogP contribution >= 0.6 is 0 Å². The van der Waals surface area contributed by atoms with Gasteiger partial charge in [0.05, 0.1) is 11.4 Å². The first-order valence-electron chi connectivity index (χ1n) is 14.9. The average Bonchev–Trinajstić information content (AvgIpc) is 3.50. The fourth-order valence-corrected chi connectivity index (χ4v) is 12.1. The number of nitrogens with zero attached hydrogens (tertiary/aromatic N) is 2. The van der Waals surface area contributed by atoms with Crippen LogP contribution in [0.2, 0.25) is 5.04 Å². The topological polar surface area (TPSA) is 25.2 Å². The molecule has 0 radical (unpaired) electrons. The fraction of sp³-hybridized carbons (Fsp3) is 0.184. The van der Waals surface area contributed by atoms with E-state index in [-0.39, 0.29) is 10.9 Å². The van der Waals surface area contributed by atoms with Gasteiger partial charge in [-0.05, 0) is 45.1 Å². The van der Waals surface area contributed by atoms with E-state index in [1.165, 1.54) is 38.1 Å². The summed E-state index contributed by atoms with van der Waals surface area (Å²) in [6, 6.07) is 41.1. The van der Waals surface area contributed by atoms with Crippen molar-refractivity contribution >= 4 is 41.0 Å². The van der Waals surface area contributed by atoms with Gasteiger partial charge >= 0.3 is 0 Å². The van der Waals surface area contributed by atoms with Gasteiger partial charge in [0.15, 0.2) is 0 Å². The van der Waals surface area contributed by atoms with Crippen LogP contribution in [0.5, 0.6) is 0 Å². The van der Waals surface area contributed by atoms with Crippen LogP contribution in [0.3, 0.4) is 0 Å². The summed E-state index contributed by atoms with van der Waals surface area (Å²) in [4.78, 5) is 16.4. The van der Waals surface area contributed by atoms with Crippen molar-refractivity contribution in [2.45, 2.75) is 38.8 Å². The van der Waals surface area contributed by atoms with Crippen molar-refractivity contribution < 1.29 is 4.79 Å². The molecule has 3 heterocycles. The molecule has 0 atom stereocenters. The second-order valence-electron chi connectivity index (χ2n) is 12.5. The standard InChI is InChI=1S/C38H36N2OSi/c1-38(2,3)42(30-17-9-5-10-18-30,31-19-11-6-12-20-31)27-29-25-35-36-33(23-24-39(35)37(29)41)32-21-13-14-22-34(32)40(36)26-28-15-7-4-8-16-28/h4-22,25,27H,23-24,26H2,1-3H3/b29-27+. The average molecular weight is 565 g/mol. The molecule has 5 aromatic rings. The van der Waals surface area contributed by atoms with Gasteiger partial charge in [-0.15, -0.1) is 0 Å². The molecule has 0 unspecified atom stereocenters. The molecule has 0 saturated carbocycles. The van der Waals surface area contributed by atoms with E-state index in [2.05, 4.69) is 152 Å². The number of carbonyl (C=O) groups excluding carboxylic acids is 1. The lowest BCUT2D eigenvalue weighted by Gasteiger charge is -2.42. The van der Waals surface area contributed by atoms with E-state index in [9.17, 15) is 4.79 Å². The number of para-hydroxylation sites is 1. The molecule has 4 heteroatoms. The van der Waals surface area contributed by atoms with Gasteiger partial charge in [0, 0.05) is 29.6 Å². The van der Waals surface area contributed by atoms with E-state index in [4.69, 9.17) is 0 Å². The van der Waals surface area contributed by atoms with Gasteiger partial charge < -0.3 is 9.47 Å². The van der Waals surface area contributed by atoms with Gasteiger partial charge in [-0.2, -0.15) is 0 Å². The number of rotatable bonds is 5. The minimum absolute atomic E-state index is 0.0715. The summed E-state index contributed by atoms with van der Waals surface area (Å²) in [5.74, 6) is 0.125. The lowest BCUT2D eigenvalue weighted by atomic mass is 10.0. The molecule has 0 saturated heterocycles. The van der Waals surface area contributed by atoms with Crippen LogP contribution < -0.4 is 10.4 Å². The number of fused-ring (bicyclic) bond motifs is 5. The Morgan fingerprint density at radius 2 is 1.33 bits per heavy atom. The Morgan fingerprint density at radius 3 is 1.95 bits per heavy atom. The first-order chi connectivity index (χ1) is 20.4. The van der Waals surface area contributed by atoms with Crippen LogP contribution in [0, 0.1) is 0 Å². The molecule has 2 aliphatic rings. The van der Waals surface area contributed by atoms with Gasteiger partial charge in [-0.25, -0.2) is 0 Å². The highest BCUT2D eigenvalue weighted by Gasteiger charge is 2.48. The second kappa shape index (κ2) is 10.1. The van der Waals surface area contributed by atoms with Gasteiger partial charge in [0.1, 0.15) is 8.07 Å². The summed E-state index contributed by atoms with van der Waals surface area (Å²) in [5, 5.41) is 3.87. The van der Waals surface area contributed by atoms with Crippen LogP contribution in [-0.2, 0) is 17.8 Å². The normalized spacial score (nSPS) is 16.1. The van der Waals surface area contributed by atoms with Crippen LogP contribution in [0.4, 0.5) is 0 Å². The van der Waals surface area contributed by atoms with E-state index in [0.717, 1.165) is 24.2 Å². The summed E-state index contributed by atoms with van der Waals surface area (Å²) in [6.07, 6.45) is 3.05. The summed E-state index contributed by atoms with van der Waals surface area (Å²) >= 11 is 0. The predicted octanol–water partition coefficient (Wildman–Crippen LogP) is 6.96. The van der Waals surface area contributed by atoms with Crippen LogP contribution in [0.1, 0.15) is 37.6 Å². The van der Waals surface area contributed by atoms with Crippen molar-refractivity contribution in [2.75, 3.05) is 6.54 Å². The lowest BCUT2D eigenvalue weighted by Crippen LogP contribution is -2.63. The Labute approximate surface area is 249 Å². The van der Waals surface area contributed by atoms with Crippen molar-refractivity contribution in [3.63, 3.8) is 0 Å². The number of hydrogen-bond acceptors (Lipinski definition) is 1.